The van der Waals surface area contributed by atoms with Gasteiger partial charge in [0.05, 0.1) is 0 Å². The minimum absolute atomic E-state index is 0.519. The first kappa shape index (κ1) is 5.56. The van der Waals surface area contributed by atoms with Gasteiger partial charge in [0.15, 0.2) is 0 Å². The Bertz CT molecular complexity index is 106. The van der Waals surface area contributed by atoms with E-state index < -0.39 is 0 Å². The average molecular weight is 113 g/mol. The highest BCUT2D eigenvalue weighted by Gasteiger charge is 2.06. The number of nitrogens with zero attached hydrogens (tertiary/aromatic N) is 1. The molecule has 0 saturated heterocycles. The fourth-order valence-corrected chi connectivity index (χ4v) is 0.621. The van der Waals surface area contributed by atoms with E-state index >= 15 is 0 Å². The van der Waals surface area contributed by atoms with Gasteiger partial charge < -0.3 is 5.43 Å². The fraction of sp³-hybridized carbons (Fsp3) is 0.800. The highest BCUT2D eigenvalue weighted by molar-refractivity contribution is 5.84. The molecule has 0 unspecified atom stereocenters. The van der Waals surface area contributed by atoms with Crippen molar-refractivity contribution in [3.8, 4) is 0 Å². The summed E-state index contributed by atoms with van der Waals surface area (Å²) >= 11 is 0. The number of nitrogens with one attached hydrogen (secondary N) is 2. The monoisotopic (exact) mass is 113 g/mol. The van der Waals surface area contributed by atoms with Crippen LogP contribution in [0.4, 0.5) is 0 Å². The predicted molar refractivity (Wildman–Crippen MR) is 33.4 cm³/mol. The van der Waals surface area contributed by atoms with Crippen molar-refractivity contribution < 1.29 is 0 Å². The summed E-state index contributed by atoms with van der Waals surface area (Å²) in [5.41, 5.74) is 5.86. The summed E-state index contributed by atoms with van der Waals surface area (Å²) in [6.07, 6.45) is 0. The minimum atomic E-state index is 0.519. The first-order chi connectivity index (χ1) is 3.80. The zero-order valence-electron chi connectivity index (χ0n) is 5.23. The van der Waals surface area contributed by atoms with Crippen molar-refractivity contribution >= 4 is 5.84 Å². The van der Waals surface area contributed by atoms with Gasteiger partial charge in [-0.25, -0.2) is 5.43 Å². The molecule has 2 N–H and O–H groups in total. The van der Waals surface area contributed by atoms with Crippen LogP contribution in [0, 0.1) is 5.92 Å². The normalized spacial score (nSPS) is 18.6. The Kier molecular flexibility index (Phi) is 1.48. The van der Waals surface area contributed by atoms with Crippen LogP contribution in [-0.2, 0) is 0 Å². The van der Waals surface area contributed by atoms with Gasteiger partial charge in [-0.2, -0.15) is 0 Å². The standard InChI is InChI=1S/C5H11N3/c1-4(2)5-6-3-7-8-5/h4,7H,3H2,1-2H3,(H,6,8). The lowest BCUT2D eigenvalue weighted by Crippen LogP contribution is -2.32. The van der Waals surface area contributed by atoms with Crippen LogP contribution in [0.15, 0.2) is 4.99 Å². The summed E-state index contributed by atoms with van der Waals surface area (Å²) in [5, 5.41) is 0. The van der Waals surface area contributed by atoms with Gasteiger partial charge in [0.1, 0.15) is 12.5 Å². The third-order valence-electron chi connectivity index (χ3n) is 1.09. The van der Waals surface area contributed by atoms with Gasteiger partial charge in [0, 0.05) is 5.92 Å². The number of hydrogen-bond donors (Lipinski definition) is 2. The second-order valence-electron chi connectivity index (χ2n) is 2.16. The third-order valence-corrected chi connectivity index (χ3v) is 1.09. The van der Waals surface area contributed by atoms with Crippen molar-refractivity contribution in [3.05, 3.63) is 0 Å². The predicted octanol–water partition coefficient (Wildman–Crippen LogP) is 0.106. The molecule has 3 heteroatoms. The molecular formula is C5H11N3. The van der Waals surface area contributed by atoms with Gasteiger partial charge in [-0.15, -0.1) is 0 Å². The Labute approximate surface area is 49.2 Å². The zero-order chi connectivity index (χ0) is 5.98. The lowest BCUT2D eigenvalue weighted by molar-refractivity contribution is 0.707. The smallest absolute Gasteiger partial charge is 0.115 e. The maximum atomic E-state index is 4.13. The van der Waals surface area contributed by atoms with Gasteiger partial charge in [-0.05, 0) is 0 Å². The molecule has 0 amide bonds. The summed E-state index contributed by atoms with van der Waals surface area (Å²) < 4.78 is 0. The molecule has 1 aliphatic rings. The number of hydrazine groups is 1. The van der Waals surface area contributed by atoms with Gasteiger partial charge in [0.2, 0.25) is 0 Å². The molecule has 1 rings (SSSR count). The van der Waals surface area contributed by atoms with Crippen LogP contribution >= 0.6 is 0 Å². The number of rotatable bonds is 1. The van der Waals surface area contributed by atoms with Crippen molar-refractivity contribution in [3.63, 3.8) is 0 Å². The van der Waals surface area contributed by atoms with E-state index in [0.717, 1.165) is 5.84 Å². The minimum Gasteiger partial charge on any atom is -0.308 e. The van der Waals surface area contributed by atoms with Crippen molar-refractivity contribution in [2.75, 3.05) is 6.67 Å². The van der Waals surface area contributed by atoms with Crippen molar-refractivity contribution in [2.45, 2.75) is 13.8 Å². The van der Waals surface area contributed by atoms with Crippen LogP contribution in [0.25, 0.3) is 0 Å². The molecule has 0 aromatic heterocycles. The molecule has 0 saturated carbocycles. The molecule has 0 aliphatic carbocycles. The van der Waals surface area contributed by atoms with Crippen LogP contribution in [0.1, 0.15) is 13.8 Å². The van der Waals surface area contributed by atoms with Gasteiger partial charge >= 0.3 is 0 Å². The Morgan fingerprint density at radius 3 is 2.62 bits per heavy atom. The number of aliphatic imine (C=N–C) groups is 1. The van der Waals surface area contributed by atoms with E-state index in [2.05, 4.69) is 29.7 Å². The quantitative estimate of drug-likeness (QED) is 0.506. The first-order valence-electron chi connectivity index (χ1n) is 2.84. The van der Waals surface area contributed by atoms with Crippen LogP contribution < -0.4 is 10.9 Å². The maximum Gasteiger partial charge on any atom is 0.115 e. The SMILES string of the molecule is CC(C)C1=NCNN1. The van der Waals surface area contributed by atoms with Crippen molar-refractivity contribution in [1.82, 2.24) is 10.9 Å². The average Bonchev–Trinajstić information content (AvgIpc) is 2.12. The second-order valence-corrected chi connectivity index (χ2v) is 2.16. The van der Waals surface area contributed by atoms with E-state index in [-0.39, 0.29) is 0 Å². The molecule has 1 heterocycles. The summed E-state index contributed by atoms with van der Waals surface area (Å²) in [4.78, 5) is 4.13. The van der Waals surface area contributed by atoms with E-state index in [1.807, 2.05) is 0 Å². The van der Waals surface area contributed by atoms with Crippen LogP contribution in [-0.4, -0.2) is 12.5 Å². The Hall–Kier alpha value is -0.570. The highest BCUT2D eigenvalue weighted by Crippen LogP contribution is 1.94. The largest absolute Gasteiger partial charge is 0.308 e. The molecule has 0 aromatic rings. The summed E-state index contributed by atoms with van der Waals surface area (Å²) in [7, 11) is 0. The molecule has 8 heavy (non-hydrogen) atoms. The second kappa shape index (κ2) is 2.13. The highest BCUT2D eigenvalue weighted by atomic mass is 15.5. The summed E-state index contributed by atoms with van der Waals surface area (Å²) in [5.74, 6) is 1.58. The molecule has 1 aliphatic heterocycles. The number of amidine groups is 1. The van der Waals surface area contributed by atoms with E-state index in [9.17, 15) is 0 Å². The molecule has 0 fully saturated rings. The van der Waals surface area contributed by atoms with Crippen molar-refractivity contribution in [2.24, 2.45) is 10.9 Å². The van der Waals surface area contributed by atoms with Gasteiger partial charge in [0.25, 0.3) is 0 Å². The molecule has 0 radical (unpaired) electrons. The van der Waals surface area contributed by atoms with Crippen LogP contribution in [0.5, 0.6) is 0 Å². The van der Waals surface area contributed by atoms with E-state index in [0.29, 0.717) is 12.6 Å². The van der Waals surface area contributed by atoms with Gasteiger partial charge in [-0.1, -0.05) is 13.8 Å². The van der Waals surface area contributed by atoms with Crippen molar-refractivity contribution in [1.29, 1.82) is 0 Å². The van der Waals surface area contributed by atoms with E-state index in [1.54, 1.807) is 0 Å². The zero-order valence-corrected chi connectivity index (χ0v) is 5.23. The van der Waals surface area contributed by atoms with Gasteiger partial charge in [-0.3, -0.25) is 4.99 Å². The molecular weight excluding hydrogens is 102 g/mol. The topological polar surface area (TPSA) is 36.4 Å². The van der Waals surface area contributed by atoms with E-state index in [1.165, 1.54) is 0 Å². The first-order valence-corrected chi connectivity index (χ1v) is 2.84. The Balaban J connectivity index is 2.45. The molecule has 0 bridgehead atoms. The molecule has 0 spiro atoms. The molecule has 0 aromatic carbocycles. The molecule has 0 atom stereocenters. The maximum absolute atomic E-state index is 4.13. The Morgan fingerprint density at radius 2 is 2.38 bits per heavy atom. The third kappa shape index (κ3) is 0.980. The van der Waals surface area contributed by atoms with Crippen LogP contribution in [0.3, 0.4) is 0 Å². The van der Waals surface area contributed by atoms with Crippen LogP contribution in [0.2, 0.25) is 0 Å². The number of hydrogen-bond acceptors (Lipinski definition) is 3. The lowest BCUT2D eigenvalue weighted by Gasteiger charge is -2.02. The van der Waals surface area contributed by atoms with E-state index in [4.69, 9.17) is 0 Å². The lowest BCUT2D eigenvalue weighted by atomic mass is 10.2. The summed E-state index contributed by atoms with van der Waals surface area (Å²) in [6, 6.07) is 0. The fourth-order valence-electron chi connectivity index (χ4n) is 0.621. The molecule has 46 valence electrons. The molecule has 3 nitrogen and oxygen atoms in total. The summed E-state index contributed by atoms with van der Waals surface area (Å²) in [6.45, 7) is 4.94. The Morgan fingerprint density at radius 1 is 1.62 bits per heavy atom.